The zero-order valence-electron chi connectivity index (χ0n) is 31.2. The zero-order valence-corrected chi connectivity index (χ0v) is 32.8. The van der Waals surface area contributed by atoms with E-state index in [1.54, 1.807) is 11.0 Å². The maximum Gasteiger partial charge on any atom is 0.346 e. The second kappa shape index (κ2) is 13.9. The molecule has 4 atom stereocenters. The van der Waals surface area contributed by atoms with Crippen LogP contribution in [0.4, 0.5) is 33.2 Å². The molecule has 9 rings (SSSR count). The van der Waals surface area contributed by atoms with Crippen molar-refractivity contribution in [3.8, 4) is 23.2 Å². The van der Waals surface area contributed by atoms with Crippen LogP contribution in [0.5, 0.6) is 6.01 Å². The number of carbonyl (C=O) groups is 1. The number of nitrogens with zero attached hydrogens (tertiary/aromatic N) is 9. The molecule has 12 nitrogen and oxygen atoms in total. The molecular weight excluding hydrogens is 784 g/mol. The van der Waals surface area contributed by atoms with Gasteiger partial charge in [0.2, 0.25) is 0 Å². The topological polar surface area (TPSA) is 142 Å². The second-order valence-corrected chi connectivity index (χ2v) is 17.6. The Kier molecular flexibility index (Phi) is 9.24. The van der Waals surface area contributed by atoms with Gasteiger partial charge in [0.25, 0.3) is 0 Å². The van der Waals surface area contributed by atoms with Crippen LogP contribution >= 0.6 is 22.9 Å². The molecule has 298 valence electrons. The number of fused-ring (bicyclic) bond motifs is 3. The lowest BCUT2D eigenvalue weighted by Crippen LogP contribution is -2.71. The Hall–Kier alpha value is -4.79. The molecular formula is C39H39ClF4N10O2S. The van der Waals surface area contributed by atoms with Crippen molar-refractivity contribution in [3.05, 3.63) is 52.8 Å². The van der Waals surface area contributed by atoms with Gasteiger partial charge in [-0.25, -0.2) is 18.0 Å². The van der Waals surface area contributed by atoms with Crippen molar-refractivity contribution in [1.82, 2.24) is 34.5 Å². The number of benzene rings is 2. The number of nitrogen functional groups attached to an aromatic ring is 1. The number of carbonyl (C=O) groups excluding carboxylic acids is 1. The van der Waals surface area contributed by atoms with Crippen LogP contribution in [0, 0.1) is 40.4 Å². The van der Waals surface area contributed by atoms with Gasteiger partial charge in [-0.15, -0.1) is 16.4 Å². The van der Waals surface area contributed by atoms with Crippen molar-refractivity contribution in [3.63, 3.8) is 0 Å². The second-order valence-electron chi connectivity index (χ2n) is 16.2. The molecule has 1 amide bonds. The number of hydrogen-bond acceptors (Lipinski definition) is 11. The Morgan fingerprint density at radius 3 is 2.74 bits per heavy atom. The molecule has 5 aromatic rings. The molecule has 57 heavy (non-hydrogen) atoms. The minimum Gasteiger partial charge on any atom is -0.461 e. The molecule has 0 aliphatic carbocycles. The number of thiophene rings is 1. The first kappa shape index (κ1) is 37.8. The highest BCUT2D eigenvalue weighted by Crippen LogP contribution is 2.50. The van der Waals surface area contributed by atoms with Crippen LogP contribution in [0.3, 0.4) is 0 Å². The summed E-state index contributed by atoms with van der Waals surface area (Å²) < 4.78 is 68.3. The van der Waals surface area contributed by atoms with Gasteiger partial charge >= 0.3 is 18.1 Å². The maximum absolute atomic E-state index is 17.4. The Labute approximate surface area is 334 Å². The molecule has 0 unspecified atom stereocenters. The van der Waals surface area contributed by atoms with Crippen LogP contribution < -0.4 is 15.4 Å². The Balaban J connectivity index is 1.16. The molecule has 2 aromatic carbocycles. The molecule has 7 heterocycles. The van der Waals surface area contributed by atoms with Crippen molar-refractivity contribution < 1.29 is 27.1 Å². The molecule has 2 N–H and O–H groups in total. The number of anilines is 2. The highest BCUT2D eigenvalue weighted by Gasteiger charge is 2.57. The third-order valence-corrected chi connectivity index (χ3v) is 13.7. The number of ether oxygens (including phenoxy) is 1. The SMILES string of the molecule is CC(C)[C@H]1N(C(=O)n2cnc(F)n2)C[C@]12CCCCN(c1nc(OC[C@@]34CCCN3C[C@H](F)C4)nc3c(F)c(-c4ccc(F)c5sc(N)c(C#N)c45)c(Cl)cc13)C2. The number of hydrogen-bond donors (Lipinski definition) is 1. The third kappa shape index (κ3) is 6.05. The number of aromatic nitrogens is 5. The fourth-order valence-electron chi connectivity index (χ4n) is 10.2. The van der Waals surface area contributed by atoms with E-state index in [1.807, 2.05) is 19.9 Å². The smallest absolute Gasteiger partial charge is 0.346 e. The van der Waals surface area contributed by atoms with Gasteiger partial charge in [0.1, 0.15) is 47.3 Å². The normalized spacial score (nSPS) is 25.0. The largest absolute Gasteiger partial charge is 0.461 e. The number of amides is 1. The Morgan fingerprint density at radius 1 is 1.16 bits per heavy atom. The molecule has 4 saturated heterocycles. The number of alkyl halides is 1. The summed E-state index contributed by atoms with van der Waals surface area (Å²) in [6.45, 7) is 6.61. The summed E-state index contributed by atoms with van der Waals surface area (Å²) in [6.07, 6.45) is 3.46. The number of likely N-dealkylation sites (tertiary alicyclic amines) is 1. The molecule has 18 heteroatoms. The summed E-state index contributed by atoms with van der Waals surface area (Å²) in [7, 11) is 0. The highest BCUT2D eigenvalue weighted by molar-refractivity contribution is 7.23. The van der Waals surface area contributed by atoms with Gasteiger partial charge < -0.3 is 20.3 Å². The first-order valence-corrected chi connectivity index (χ1v) is 20.3. The Bertz CT molecular complexity index is 2490. The van der Waals surface area contributed by atoms with Gasteiger partial charge in [0.05, 0.1) is 20.8 Å². The number of rotatable bonds is 6. The predicted octanol–water partition coefficient (Wildman–Crippen LogP) is 7.57. The van der Waals surface area contributed by atoms with Crippen LogP contribution in [0.1, 0.15) is 57.9 Å². The fourth-order valence-corrected chi connectivity index (χ4v) is 11.5. The summed E-state index contributed by atoms with van der Waals surface area (Å²) in [5.41, 5.74) is 5.21. The first-order valence-electron chi connectivity index (χ1n) is 19.1. The molecule has 4 aliphatic rings. The van der Waals surface area contributed by atoms with E-state index >= 15 is 8.78 Å². The van der Waals surface area contributed by atoms with Crippen LogP contribution in [0.2, 0.25) is 5.02 Å². The number of nitriles is 1. The van der Waals surface area contributed by atoms with Gasteiger partial charge in [-0.05, 0) is 55.8 Å². The molecule has 0 bridgehead atoms. The molecule has 0 radical (unpaired) electrons. The van der Waals surface area contributed by atoms with Crippen molar-refractivity contribution in [2.24, 2.45) is 11.3 Å². The lowest BCUT2D eigenvalue weighted by Gasteiger charge is -2.59. The van der Waals surface area contributed by atoms with Crippen molar-refractivity contribution in [2.45, 2.75) is 70.1 Å². The van der Waals surface area contributed by atoms with Crippen LogP contribution in [-0.2, 0) is 0 Å². The summed E-state index contributed by atoms with van der Waals surface area (Å²) >= 11 is 7.89. The lowest BCUT2D eigenvalue weighted by molar-refractivity contribution is -0.0649. The maximum atomic E-state index is 17.4. The van der Waals surface area contributed by atoms with E-state index in [2.05, 4.69) is 24.9 Å². The average molecular weight is 823 g/mol. The third-order valence-electron chi connectivity index (χ3n) is 12.4. The van der Waals surface area contributed by atoms with E-state index in [0.717, 1.165) is 61.0 Å². The van der Waals surface area contributed by atoms with E-state index in [4.69, 9.17) is 27.1 Å². The summed E-state index contributed by atoms with van der Waals surface area (Å²) in [4.78, 5) is 32.5. The number of nitrogens with two attached hydrogens (primary N) is 1. The van der Waals surface area contributed by atoms with E-state index in [9.17, 15) is 18.8 Å². The zero-order chi connectivity index (χ0) is 40.0. The average Bonchev–Trinajstić information content (AvgIpc) is 3.89. The van der Waals surface area contributed by atoms with Crippen LogP contribution in [0.15, 0.2) is 24.5 Å². The van der Waals surface area contributed by atoms with Crippen molar-refractivity contribution >= 4 is 60.8 Å². The Morgan fingerprint density at radius 2 is 1.98 bits per heavy atom. The minimum absolute atomic E-state index is 0.00871. The van der Waals surface area contributed by atoms with Crippen LogP contribution in [-0.4, -0.2) is 97.6 Å². The predicted molar refractivity (Wildman–Crippen MR) is 208 cm³/mol. The summed E-state index contributed by atoms with van der Waals surface area (Å²) in [5.74, 6) is -1.02. The molecule has 3 aromatic heterocycles. The number of halogens is 5. The minimum atomic E-state index is -0.991. The van der Waals surface area contributed by atoms with E-state index in [1.165, 1.54) is 12.1 Å². The van der Waals surface area contributed by atoms with Gasteiger partial charge in [0, 0.05) is 60.4 Å². The van der Waals surface area contributed by atoms with Gasteiger partial charge in [-0.3, -0.25) is 4.90 Å². The van der Waals surface area contributed by atoms with Gasteiger partial charge in [-0.2, -0.15) is 29.3 Å². The molecule has 1 spiro atoms. The lowest BCUT2D eigenvalue weighted by atomic mass is 9.64. The van der Waals surface area contributed by atoms with Crippen molar-refractivity contribution in [2.75, 3.05) is 50.0 Å². The molecule has 0 saturated carbocycles. The highest BCUT2D eigenvalue weighted by atomic mass is 35.5. The van der Waals surface area contributed by atoms with E-state index in [-0.39, 0.29) is 66.9 Å². The van der Waals surface area contributed by atoms with E-state index < -0.39 is 40.9 Å². The quantitative estimate of drug-likeness (QED) is 0.171. The van der Waals surface area contributed by atoms with Gasteiger partial charge in [-0.1, -0.05) is 37.9 Å². The molecule has 4 aliphatic heterocycles. The van der Waals surface area contributed by atoms with Gasteiger partial charge in [0.15, 0.2) is 5.82 Å². The van der Waals surface area contributed by atoms with Crippen LogP contribution in [0.25, 0.3) is 32.1 Å². The van der Waals surface area contributed by atoms with E-state index in [0.29, 0.717) is 43.8 Å². The van der Waals surface area contributed by atoms with Crippen molar-refractivity contribution in [1.29, 1.82) is 5.26 Å². The first-order chi connectivity index (χ1) is 27.3. The fraction of sp³-hybridized carbons (Fsp3) is 0.487. The molecule has 4 fully saturated rings. The summed E-state index contributed by atoms with van der Waals surface area (Å²) in [5, 5.41) is 14.1. The standard InChI is InChI=1S/C39H39ClF4N10O2S/c1-20(2)32-38(17-53(32)37(55)54-19-47-35(44)50-54)8-3-4-10-51(16-38)34-23-12-25(40)28(22-6-7-26(42)31-27(22)24(14-45)33(46)57-31)29(43)30(23)48-36(49-34)56-18-39-9-5-11-52(39)15-21(41)13-39/h6-7,12,19-21,32H,3-5,8-11,13,15-18,46H2,1-2H3/t21-,32-,38-,39+/m1/s1. The monoisotopic (exact) mass is 822 g/mol. The summed E-state index contributed by atoms with van der Waals surface area (Å²) in [6, 6.07) is 5.38.